The minimum atomic E-state index is -4.53. The van der Waals surface area contributed by atoms with Crippen LogP contribution in [0.15, 0.2) is 60.9 Å². The number of nitrogens with zero attached hydrogens (tertiary/aromatic N) is 4. The molecular formula is C29H26F3N5O4. The maximum absolute atomic E-state index is 13.1. The van der Waals surface area contributed by atoms with Crippen molar-refractivity contribution in [2.75, 3.05) is 11.9 Å². The molecule has 212 valence electrons. The smallest absolute Gasteiger partial charge is 0.416 e. The van der Waals surface area contributed by atoms with Gasteiger partial charge >= 0.3 is 12.3 Å². The summed E-state index contributed by atoms with van der Waals surface area (Å²) in [6, 6.07) is 12.5. The van der Waals surface area contributed by atoms with E-state index >= 15 is 0 Å². The zero-order chi connectivity index (χ0) is 29.4. The van der Waals surface area contributed by atoms with Crippen molar-refractivity contribution in [1.29, 1.82) is 0 Å². The summed E-state index contributed by atoms with van der Waals surface area (Å²) in [5.74, 6) is -0.0441. The van der Waals surface area contributed by atoms with Gasteiger partial charge in [0.05, 0.1) is 23.3 Å². The Bertz CT molecular complexity index is 1640. The Morgan fingerprint density at radius 2 is 1.78 bits per heavy atom. The molecule has 2 aromatic carbocycles. The number of pyridine rings is 1. The van der Waals surface area contributed by atoms with E-state index in [4.69, 9.17) is 9.47 Å². The molecule has 1 aliphatic heterocycles. The van der Waals surface area contributed by atoms with E-state index in [1.165, 1.54) is 18.5 Å². The van der Waals surface area contributed by atoms with Gasteiger partial charge in [-0.15, -0.1) is 0 Å². The van der Waals surface area contributed by atoms with Crippen molar-refractivity contribution < 1.29 is 32.2 Å². The number of rotatable bonds is 4. The van der Waals surface area contributed by atoms with Gasteiger partial charge in [0.15, 0.2) is 0 Å². The molecule has 9 nitrogen and oxygen atoms in total. The summed E-state index contributed by atoms with van der Waals surface area (Å²) in [7, 11) is 0. The molecule has 1 aliphatic rings. The van der Waals surface area contributed by atoms with Gasteiger partial charge in [0.1, 0.15) is 11.9 Å². The molecule has 1 N–H and O–H groups in total. The summed E-state index contributed by atoms with van der Waals surface area (Å²) >= 11 is 0. The Morgan fingerprint density at radius 1 is 1.00 bits per heavy atom. The van der Waals surface area contributed by atoms with Gasteiger partial charge in [0, 0.05) is 34.8 Å². The second-order valence-corrected chi connectivity index (χ2v) is 10.4. The summed E-state index contributed by atoms with van der Waals surface area (Å²) in [5, 5.41) is 3.01. The van der Waals surface area contributed by atoms with Crippen LogP contribution in [0.25, 0.3) is 10.9 Å². The fourth-order valence-corrected chi connectivity index (χ4v) is 4.36. The fraction of sp³-hybridized carbons (Fsp3) is 0.276. The lowest BCUT2D eigenvalue weighted by Gasteiger charge is -2.30. The van der Waals surface area contributed by atoms with Gasteiger partial charge in [-0.25, -0.2) is 19.7 Å². The monoisotopic (exact) mass is 565 g/mol. The van der Waals surface area contributed by atoms with Crippen molar-refractivity contribution in [2.24, 2.45) is 0 Å². The molecule has 2 aromatic heterocycles. The predicted molar refractivity (Wildman–Crippen MR) is 144 cm³/mol. The van der Waals surface area contributed by atoms with Gasteiger partial charge in [-0.05, 0) is 63.6 Å². The van der Waals surface area contributed by atoms with E-state index in [-0.39, 0.29) is 23.7 Å². The molecule has 12 heteroatoms. The largest absolute Gasteiger partial charge is 0.444 e. The number of hydrogen-bond donors (Lipinski definition) is 1. The number of benzene rings is 2. The molecule has 2 amide bonds. The van der Waals surface area contributed by atoms with Crippen LogP contribution in [0.3, 0.4) is 0 Å². The van der Waals surface area contributed by atoms with Crippen molar-refractivity contribution in [2.45, 2.75) is 45.5 Å². The van der Waals surface area contributed by atoms with Crippen LogP contribution in [-0.4, -0.2) is 44.0 Å². The summed E-state index contributed by atoms with van der Waals surface area (Å²) in [5.41, 5.74) is 0.621. The van der Waals surface area contributed by atoms with Crippen LogP contribution >= 0.6 is 0 Å². The van der Waals surface area contributed by atoms with E-state index in [0.717, 1.165) is 17.7 Å². The summed E-state index contributed by atoms with van der Waals surface area (Å²) < 4.78 is 50.7. The van der Waals surface area contributed by atoms with Crippen molar-refractivity contribution in [3.8, 4) is 11.8 Å². The fourth-order valence-electron chi connectivity index (χ4n) is 4.36. The third-order valence-corrected chi connectivity index (χ3v) is 6.22. The van der Waals surface area contributed by atoms with Gasteiger partial charge in [0.25, 0.3) is 5.91 Å². The molecule has 0 unspecified atom stereocenters. The minimum Gasteiger partial charge on any atom is -0.444 e. The van der Waals surface area contributed by atoms with Gasteiger partial charge < -0.3 is 19.7 Å². The first-order valence-electron chi connectivity index (χ1n) is 12.7. The van der Waals surface area contributed by atoms with Crippen LogP contribution in [0.5, 0.6) is 11.8 Å². The molecular weight excluding hydrogens is 539 g/mol. The number of alkyl halides is 3. The number of aromatic nitrogens is 3. The number of halogens is 3. The molecule has 5 rings (SSSR count). The quantitative estimate of drug-likeness (QED) is 0.306. The number of hydrogen-bond acceptors (Lipinski definition) is 7. The number of amides is 2. The topological polar surface area (TPSA) is 107 Å². The maximum atomic E-state index is 13.1. The van der Waals surface area contributed by atoms with Crippen LogP contribution in [0.2, 0.25) is 0 Å². The van der Waals surface area contributed by atoms with E-state index in [1.54, 1.807) is 56.0 Å². The highest BCUT2D eigenvalue weighted by atomic mass is 19.4. The highest BCUT2D eigenvalue weighted by molar-refractivity contribution is 6.12. The normalized spacial score (nSPS) is 13.5. The molecule has 0 fully saturated rings. The molecule has 0 aliphatic carbocycles. The second kappa shape index (κ2) is 10.7. The highest BCUT2D eigenvalue weighted by Crippen LogP contribution is 2.32. The van der Waals surface area contributed by atoms with Gasteiger partial charge in [-0.1, -0.05) is 12.1 Å². The van der Waals surface area contributed by atoms with Crippen LogP contribution in [0.4, 0.5) is 23.7 Å². The SMILES string of the molecule is CC(C)(C)OC(=O)N1CCc2c(ncnc2Oc2ccc3c(C(=O)Nc4cccc(C(F)(F)F)c4)cccc3n2)C1. The first-order valence-corrected chi connectivity index (χ1v) is 12.7. The zero-order valence-electron chi connectivity index (χ0n) is 22.5. The van der Waals surface area contributed by atoms with Crippen molar-refractivity contribution in [1.82, 2.24) is 19.9 Å². The van der Waals surface area contributed by atoms with E-state index in [0.29, 0.717) is 35.4 Å². The lowest BCUT2D eigenvalue weighted by atomic mass is 10.1. The van der Waals surface area contributed by atoms with Crippen molar-refractivity contribution in [3.63, 3.8) is 0 Å². The van der Waals surface area contributed by atoms with E-state index < -0.39 is 29.3 Å². The first kappa shape index (κ1) is 27.8. The third-order valence-electron chi connectivity index (χ3n) is 6.22. The van der Waals surface area contributed by atoms with Crippen molar-refractivity contribution >= 4 is 28.6 Å². The molecule has 0 bridgehead atoms. The zero-order valence-corrected chi connectivity index (χ0v) is 22.5. The molecule has 41 heavy (non-hydrogen) atoms. The summed E-state index contributed by atoms with van der Waals surface area (Å²) in [6.45, 7) is 6.07. The van der Waals surface area contributed by atoms with E-state index in [2.05, 4.69) is 20.3 Å². The molecule has 0 spiro atoms. The van der Waals surface area contributed by atoms with Crippen LogP contribution < -0.4 is 10.1 Å². The summed E-state index contributed by atoms with van der Waals surface area (Å²) in [4.78, 5) is 40.1. The Kier molecular flexibility index (Phi) is 7.24. The Morgan fingerprint density at radius 3 is 2.54 bits per heavy atom. The van der Waals surface area contributed by atoms with Crippen LogP contribution in [-0.2, 0) is 23.9 Å². The standard InChI is InChI=1S/C29H26F3N5O4/c1-28(2,3)41-27(39)37-13-12-21-23(15-37)33-16-34-26(21)40-24-11-10-19-20(8-5-9-22(19)36-24)25(38)35-18-7-4-6-17(14-18)29(30,31)32/h4-11,14,16H,12-13,15H2,1-3H3,(H,35,38). The number of carbonyl (C=O) groups is 2. The molecule has 0 atom stereocenters. The van der Waals surface area contributed by atoms with E-state index in [9.17, 15) is 22.8 Å². The number of nitrogens with one attached hydrogen (secondary N) is 1. The lowest BCUT2D eigenvalue weighted by Crippen LogP contribution is -2.40. The third kappa shape index (κ3) is 6.37. The minimum absolute atomic E-state index is 0.0218. The Labute approximate surface area is 233 Å². The summed E-state index contributed by atoms with van der Waals surface area (Å²) in [6.07, 6.45) is -3.14. The van der Waals surface area contributed by atoms with Gasteiger partial charge in [-0.2, -0.15) is 13.2 Å². The molecule has 4 aromatic rings. The lowest BCUT2D eigenvalue weighted by molar-refractivity contribution is -0.137. The predicted octanol–water partition coefficient (Wildman–Crippen LogP) is 6.38. The first-order chi connectivity index (χ1) is 19.4. The molecule has 3 heterocycles. The van der Waals surface area contributed by atoms with Gasteiger partial charge in [0.2, 0.25) is 11.8 Å². The number of anilines is 1. The van der Waals surface area contributed by atoms with Crippen molar-refractivity contribution in [3.05, 3.63) is 83.3 Å². The van der Waals surface area contributed by atoms with E-state index in [1.807, 2.05) is 0 Å². The van der Waals surface area contributed by atoms with Gasteiger partial charge in [-0.3, -0.25) is 4.79 Å². The average Bonchev–Trinajstić information content (AvgIpc) is 2.91. The number of fused-ring (bicyclic) bond motifs is 2. The molecule has 0 radical (unpaired) electrons. The molecule has 0 saturated heterocycles. The van der Waals surface area contributed by atoms with Crippen LogP contribution in [0, 0.1) is 0 Å². The highest BCUT2D eigenvalue weighted by Gasteiger charge is 2.31. The molecule has 0 saturated carbocycles. The maximum Gasteiger partial charge on any atom is 0.416 e. The Hall–Kier alpha value is -4.74. The average molecular weight is 566 g/mol. The number of ether oxygens (including phenoxy) is 2. The Balaban J connectivity index is 1.34. The number of carbonyl (C=O) groups excluding carboxylic acids is 2. The van der Waals surface area contributed by atoms with Crippen LogP contribution in [0.1, 0.15) is 48.0 Å². The second-order valence-electron chi connectivity index (χ2n) is 10.4.